The van der Waals surface area contributed by atoms with Crippen molar-refractivity contribution in [1.29, 1.82) is 0 Å². The van der Waals surface area contributed by atoms with Crippen molar-refractivity contribution in [2.45, 2.75) is 26.7 Å². The van der Waals surface area contributed by atoms with Gasteiger partial charge in [0.2, 0.25) is 0 Å². The van der Waals surface area contributed by atoms with Crippen LogP contribution < -0.4 is 0 Å². The molecule has 0 unspecified atom stereocenters. The Morgan fingerprint density at radius 3 is 2.45 bits per heavy atom. The highest BCUT2D eigenvalue weighted by Crippen LogP contribution is 2.35. The number of hydrogen-bond donors (Lipinski definition) is 0. The van der Waals surface area contributed by atoms with Gasteiger partial charge in [-0.1, -0.05) is 32.0 Å². The molecule has 0 fully saturated rings. The summed E-state index contributed by atoms with van der Waals surface area (Å²) in [4.78, 5) is 0. The lowest BCUT2D eigenvalue weighted by Gasteiger charge is -2.30. The molecule has 20 heavy (non-hydrogen) atoms. The first kappa shape index (κ1) is 15.7. The van der Waals surface area contributed by atoms with Crippen LogP contribution >= 0.6 is 23.2 Å². The molecule has 2 nitrogen and oxygen atoms in total. The Morgan fingerprint density at radius 1 is 1.20 bits per heavy atom. The highest BCUT2D eigenvalue weighted by atomic mass is 35.5. The van der Waals surface area contributed by atoms with Crippen LogP contribution in [0.5, 0.6) is 0 Å². The second-order valence-corrected chi connectivity index (χ2v) is 6.66. The van der Waals surface area contributed by atoms with Gasteiger partial charge in [0.1, 0.15) is 0 Å². The summed E-state index contributed by atoms with van der Waals surface area (Å²) < 4.78 is 1.94. The first-order valence-corrected chi connectivity index (χ1v) is 8.11. The van der Waals surface area contributed by atoms with Gasteiger partial charge >= 0.3 is 0 Å². The zero-order chi connectivity index (χ0) is 14.8. The number of hydrogen-bond acceptors (Lipinski definition) is 1. The summed E-state index contributed by atoms with van der Waals surface area (Å²) in [6, 6.07) is 8.31. The number of aryl methyl sites for hydroxylation is 1. The minimum Gasteiger partial charge on any atom is -0.268 e. The lowest BCUT2D eigenvalue weighted by Crippen LogP contribution is -2.30. The summed E-state index contributed by atoms with van der Waals surface area (Å²) in [5.41, 5.74) is 2.18. The molecule has 0 bridgehead atoms. The van der Waals surface area contributed by atoms with Gasteiger partial charge in [-0.3, -0.25) is 4.68 Å². The zero-order valence-electron chi connectivity index (χ0n) is 12.4. The highest BCUT2D eigenvalue weighted by Gasteiger charge is 2.31. The summed E-state index contributed by atoms with van der Waals surface area (Å²) in [5.74, 6) is 1.71. The predicted octanol–water partition coefficient (Wildman–Crippen LogP) is 4.63. The number of halogens is 2. The molecule has 0 atom stereocenters. The number of fused-ring (bicyclic) bond motifs is 1. The van der Waals surface area contributed by atoms with Crippen molar-refractivity contribution in [2.75, 3.05) is 11.8 Å². The number of benzene rings is 1. The third-order valence-corrected chi connectivity index (χ3v) is 4.92. The van der Waals surface area contributed by atoms with Crippen molar-refractivity contribution in [3.8, 4) is 0 Å². The van der Waals surface area contributed by atoms with Gasteiger partial charge in [-0.15, -0.1) is 23.2 Å². The van der Waals surface area contributed by atoms with Gasteiger partial charge in [0.15, 0.2) is 0 Å². The minimum absolute atomic E-state index is 0.0750. The molecule has 0 spiro atoms. The van der Waals surface area contributed by atoms with E-state index in [-0.39, 0.29) is 5.41 Å². The number of alkyl halides is 2. The lowest BCUT2D eigenvalue weighted by atomic mass is 9.79. The summed E-state index contributed by atoms with van der Waals surface area (Å²) >= 11 is 12.5. The molecule has 0 saturated carbocycles. The Balaban J connectivity index is 2.38. The fraction of sp³-hybridized carbons (Fsp3) is 0.562. The Hall–Kier alpha value is -0.730. The quantitative estimate of drug-likeness (QED) is 0.711. The molecule has 1 aromatic heterocycles. The Morgan fingerprint density at radius 2 is 1.85 bits per heavy atom. The monoisotopic (exact) mass is 312 g/mol. The lowest BCUT2D eigenvalue weighted by molar-refractivity contribution is 0.293. The average molecular weight is 313 g/mol. The smallest absolute Gasteiger partial charge is 0.0709 e. The van der Waals surface area contributed by atoms with Crippen LogP contribution in [0.25, 0.3) is 10.9 Å². The van der Waals surface area contributed by atoms with Gasteiger partial charge in [0.25, 0.3) is 0 Å². The molecule has 0 amide bonds. The molecular weight excluding hydrogens is 291 g/mol. The molecule has 0 aliphatic carbocycles. The summed E-state index contributed by atoms with van der Waals surface area (Å²) in [6.45, 7) is 4.43. The van der Waals surface area contributed by atoms with E-state index in [1.807, 2.05) is 17.8 Å². The Kier molecular flexibility index (Phi) is 4.98. The molecule has 0 N–H and O–H groups in total. The van der Waals surface area contributed by atoms with Crippen LogP contribution in [0.2, 0.25) is 0 Å². The topological polar surface area (TPSA) is 17.8 Å². The van der Waals surface area contributed by atoms with Crippen molar-refractivity contribution < 1.29 is 0 Å². The van der Waals surface area contributed by atoms with Crippen LogP contribution in [0.3, 0.4) is 0 Å². The fourth-order valence-electron chi connectivity index (χ4n) is 2.95. The molecule has 4 heteroatoms. The standard InChI is InChI=1S/C16H22Cl2N2/c1-12(2)8-16(10-17,11-18)9-14-13-6-4-5-7-15(13)20(3)19-14/h4-7,12H,8-11H2,1-3H3. The molecule has 1 heterocycles. The van der Waals surface area contributed by atoms with E-state index in [1.165, 1.54) is 5.39 Å². The second-order valence-electron chi connectivity index (χ2n) is 6.13. The van der Waals surface area contributed by atoms with E-state index < -0.39 is 0 Å². The first-order valence-electron chi connectivity index (χ1n) is 7.04. The van der Waals surface area contributed by atoms with Crippen LogP contribution in [-0.2, 0) is 13.5 Å². The maximum absolute atomic E-state index is 6.26. The van der Waals surface area contributed by atoms with Gasteiger partial charge in [0.05, 0.1) is 11.2 Å². The molecule has 2 aromatic rings. The van der Waals surface area contributed by atoms with E-state index in [1.54, 1.807) is 0 Å². The van der Waals surface area contributed by atoms with E-state index in [0.717, 1.165) is 24.1 Å². The zero-order valence-corrected chi connectivity index (χ0v) is 13.9. The van der Waals surface area contributed by atoms with E-state index in [2.05, 4.69) is 37.1 Å². The van der Waals surface area contributed by atoms with Crippen LogP contribution in [-0.4, -0.2) is 21.5 Å². The van der Waals surface area contributed by atoms with Crippen LogP contribution in [0, 0.1) is 11.3 Å². The number of para-hydroxylation sites is 1. The second kappa shape index (κ2) is 6.36. The Labute approximate surface area is 131 Å². The summed E-state index contributed by atoms with van der Waals surface area (Å²) in [6.07, 6.45) is 1.85. The van der Waals surface area contributed by atoms with Gasteiger partial charge in [0, 0.05) is 36.0 Å². The van der Waals surface area contributed by atoms with E-state index in [4.69, 9.17) is 23.2 Å². The fourth-order valence-corrected chi connectivity index (χ4v) is 3.64. The van der Waals surface area contributed by atoms with Gasteiger partial charge in [-0.05, 0) is 18.4 Å². The van der Waals surface area contributed by atoms with Crippen molar-refractivity contribution >= 4 is 34.1 Å². The van der Waals surface area contributed by atoms with E-state index >= 15 is 0 Å². The normalized spacial score (nSPS) is 12.5. The molecule has 110 valence electrons. The molecule has 0 radical (unpaired) electrons. The van der Waals surface area contributed by atoms with Crippen molar-refractivity contribution in [3.63, 3.8) is 0 Å². The predicted molar refractivity (Wildman–Crippen MR) is 87.7 cm³/mol. The molecule has 1 aromatic carbocycles. The van der Waals surface area contributed by atoms with Gasteiger partial charge in [-0.25, -0.2) is 0 Å². The number of rotatable bonds is 6. The molecule has 2 rings (SSSR count). The van der Waals surface area contributed by atoms with Gasteiger partial charge in [-0.2, -0.15) is 5.10 Å². The third-order valence-electron chi connectivity index (χ3n) is 3.78. The average Bonchev–Trinajstić information content (AvgIpc) is 2.74. The van der Waals surface area contributed by atoms with Crippen molar-refractivity contribution in [1.82, 2.24) is 9.78 Å². The van der Waals surface area contributed by atoms with E-state index in [0.29, 0.717) is 17.7 Å². The minimum atomic E-state index is -0.0750. The van der Waals surface area contributed by atoms with Crippen molar-refractivity contribution in [3.05, 3.63) is 30.0 Å². The SMILES string of the molecule is CC(C)CC(CCl)(CCl)Cc1nn(C)c2ccccc12. The Bertz CT molecular complexity index is 571. The molecular formula is C16H22Cl2N2. The number of nitrogens with zero attached hydrogens (tertiary/aromatic N) is 2. The van der Waals surface area contributed by atoms with Crippen LogP contribution in [0.4, 0.5) is 0 Å². The summed E-state index contributed by atoms with van der Waals surface area (Å²) in [7, 11) is 1.98. The van der Waals surface area contributed by atoms with Crippen molar-refractivity contribution in [2.24, 2.45) is 18.4 Å². The maximum atomic E-state index is 6.26. The van der Waals surface area contributed by atoms with Crippen LogP contribution in [0.15, 0.2) is 24.3 Å². The summed E-state index contributed by atoms with van der Waals surface area (Å²) in [5, 5.41) is 5.88. The molecule has 0 aliphatic rings. The largest absolute Gasteiger partial charge is 0.268 e. The number of aromatic nitrogens is 2. The third kappa shape index (κ3) is 3.12. The van der Waals surface area contributed by atoms with Gasteiger partial charge < -0.3 is 0 Å². The first-order chi connectivity index (χ1) is 9.51. The maximum Gasteiger partial charge on any atom is 0.0709 e. The molecule has 0 saturated heterocycles. The van der Waals surface area contributed by atoms with Crippen LogP contribution in [0.1, 0.15) is 26.0 Å². The highest BCUT2D eigenvalue weighted by molar-refractivity contribution is 6.21. The molecule has 0 aliphatic heterocycles. The van der Waals surface area contributed by atoms with E-state index in [9.17, 15) is 0 Å².